The molecule has 3 aromatic rings. The van der Waals surface area contributed by atoms with E-state index in [1.807, 2.05) is 19.1 Å². The number of aromatic nitrogens is 1. The highest BCUT2D eigenvalue weighted by Crippen LogP contribution is 2.48. The quantitative estimate of drug-likeness (QED) is 0.263. The third-order valence-corrected chi connectivity index (χ3v) is 8.82. The molecular formula is C34H41FN2O4. The predicted molar refractivity (Wildman–Crippen MR) is 158 cm³/mol. The number of halogens is 1. The Bertz CT molecular complexity index is 1400. The van der Waals surface area contributed by atoms with Crippen LogP contribution in [0.3, 0.4) is 0 Å². The van der Waals surface area contributed by atoms with Crippen LogP contribution in [0.5, 0.6) is 11.6 Å². The molecule has 218 valence electrons. The number of aryl methyl sites for hydroxylation is 1. The van der Waals surface area contributed by atoms with Crippen LogP contribution in [0.1, 0.15) is 81.2 Å². The van der Waals surface area contributed by atoms with Gasteiger partial charge in [0.2, 0.25) is 5.88 Å². The highest BCUT2D eigenvalue weighted by Gasteiger charge is 2.39. The SMILES string of the molecule is CCN(Cc1cc([C@@H]2CCc3ccc([C@H](C4CC4)[C@H](C)C(=O)O)cc3O2)ccc1-c1cc(OC)ncc1F)C(C)C. The van der Waals surface area contributed by atoms with Gasteiger partial charge < -0.3 is 14.6 Å². The molecule has 5 rings (SSSR count). The molecule has 0 spiro atoms. The summed E-state index contributed by atoms with van der Waals surface area (Å²) in [6.45, 7) is 9.83. The van der Waals surface area contributed by atoms with Crippen LogP contribution in [0.15, 0.2) is 48.7 Å². The van der Waals surface area contributed by atoms with Gasteiger partial charge in [-0.2, -0.15) is 0 Å². The number of nitrogens with zero attached hydrogens (tertiary/aromatic N) is 2. The lowest BCUT2D eigenvalue weighted by atomic mass is 9.82. The van der Waals surface area contributed by atoms with E-state index in [0.717, 1.165) is 65.8 Å². The van der Waals surface area contributed by atoms with Crippen LogP contribution >= 0.6 is 0 Å². The lowest BCUT2D eigenvalue weighted by Crippen LogP contribution is -2.30. The van der Waals surface area contributed by atoms with Crippen molar-refractivity contribution in [1.29, 1.82) is 0 Å². The van der Waals surface area contributed by atoms with Crippen molar-refractivity contribution in [2.24, 2.45) is 11.8 Å². The number of ether oxygens (including phenoxy) is 2. The number of hydrogen-bond acceptors (Lipinski definition) is 5. The van der Waals surface area contributed by atoms with Crippen molar-refractivity contribution in [3.63, 3.8) is 0 Å². The number of carbonyl (C=O) groups is 1. The molecule has 2 heterocycles. The van der Waals surface area contributed by atoms with Crippen molar-refractivity contribution in [1.82, 2.24) is 9.88 Å². The monoisotopic (exact) mass is 560 g/mol. The van der Waals surface area contributed by atoms with Crippen molar-refractivity contribution in [3.8, 4) is 22.8 Å². The zero-order valence-electron chi connectivity index (χ0n) is 24.7. The average Bonchev–Trinajstić information content (AvgIpc) is 3.81. The van der Waals surface area contributed by atoms with Gasteiger partial charge in [-0.3, -0.25) is 9.69 Å². The first-order valence-corrected chi connectivity index (χ1v) is 14.8. The Kier molecular flexibility index (Phi) is 8.64. The minimum atomic E-state index is -0.753. The summed E-state index contributed by atoms with van der Waals surface area (Å²) in [7, 11) is 1.53. The Morgan fingerprint density at radius 1 is 1.12 bits per heavy atom. The van der Waals surface area contributed by atoms with Gasteiger partial charge >= 0.3 is 5.97 Å². The van der Waals surface area contributed by atoms with Gasteiger partial charge in [0.05, 0.1) is 19.2 Å². The number of methoxy groups -OCH3 is 1. The molecule has 0 unspecified atom stereocenters. The fourth-order valence-corrected chi connectivity index (χ4v) is 6.23. The van der Waals surface area contributed by atoms with Gasteiger partial charge in [0, 0.05) is 24.2 Å². The van der Waals surface area contributed by atoms with Crippen LogP contribution in [0, 0.1) is 17.7 Å². The molecule has 7 heteroatoms. The van der Waals surface area contributed by atoms with Crippen molar-refractivity contribution < 1.29 is 23.8 Å². The third kappa shape index (κ3) is 6.25. The highest BCUT2D eigenvalue weighted by atomic mass is 19.1. The van der Waals surface area contributed by atoms with Crippen LogP contribution in [-0.4, -0.2) is 40.7 Å². The Labute approximate surface area is 242 Å². The van der Waals surface area contributed by atoms with Crippen LogP contribution in [0.2, 0.25) is 0 Å². The fraction of sp³-hybridized carbons (Fsp3) is 0.471. The number of rotatable bonds is 11. The number of fused-ring (bicyclic) bond motifs is 1. The van der Waals surface area contributed by atoms with Crippen LogP contribution in [0.25, 0.3) is 11.1 Å². The average molecular weight is 561 g/mol. The summed E-state index contributed by atoms with van der Waals surface area (Å²) in [6, 6.07) is 14.5. The van der Waals surface area contributed by atoms with Crippen LogP contribution in [-0.2, 0) is 17.8 Å². The first-order chi connectivity index (χ1) is 19.7. The van der Waals surface area contributed by atoms with Crippen molar-refractivity contribution >= 4 is 5.97 Å². The summed E-state index contributed by atoms with van der Waals surface area (Å²) in [5.74, 6) is 0.0525. The first kappa shape index (κ1) is 29.1. The van der Waals surface area contributed by atoms with Crippen LogP contribution in [0.4, 0.5) is 4.39 Å². The Morgan fingerprint density at radius 2 is 1.90 bits per heavy atom. The summed E-state index contributed by atoms with van der Waals surface area (Å²) in [6.07, 6.45) is 4.93. The number of carboxylic acids is 1. The number of pyridine rings is 1. The topological polar surface area (TPSA) is 71.9 Å². The van der Waals surface area contributed by atoms with E-state index < -0.39 is 11.9 Å². The molecule has 1 aliphatic carbocycles. The Hall–Kier alpha value is -3.45. The summed E-state index contributed by atoms with van der Waals surface area (Å²) < 4.78 is 27.0. The zero-order valence-corrected chi connectivity index (χ0v) is 24.7. The highest BCUT2D eigenvalue weighted by molar-refractivity contribution is 5.71. The molecule has 0 radical (unpaired) electrons. The maximum Gasteiger partial charge on any atom is 0.306 e. The largest absolute Gasteiger partial charge is 0.485 e. The number of hydrogen-bond donors (Lipinski definition) is 1. The van der Waals surface area contributed by atoms with E-state index in [2.05, 4.69) is 54.9 Å². The molecule has 6 nitrogen and oxygen atoms in total. The Morgan fingerprint density at radius 3 is 2.56 bits per heavy atom. The molecule has 1 aliphatic heterocycles. The molecule has 1 saturated carbocycles. The fourth-order valence-electron chi connectivity index (χ4n) is 6.23. The van der Waals surface area contributed by atoms with Gasteiger partial charge in [0.25, 0.3) is 0 Å². The molecule has 1 fully saturated rings. The van der Waals surface area contributed by atoms with E-state index in [1.54, 1.807) is 6.07 Å². The standard InChI is InChI=1S/C34H41FN2O4/c1-6-37(20(2)3)19-26-15-24(11-13-27(26)28-17-32(40-5)36-18-29(28)35)30-14-12-22-7-10-25(16-31(22)41-30)33(23-8-9-23)21(4)34(38)39/h7,10-11,13,15-18,20-21,23,30,33H,6,8-9,12,14,19H2,1-5H3,(H,38,39)/t21-,30-,33-/m0/s1. The Balaban J connectivity index is 1.48. The summed E-state index contributed by atoms with van der Waals surface area (Å²) in [5, 5.41) is 9.74. The summed E-state index contributed by atoms with van der Waals surface area (Å²) in [4.78, 5) is 18.2. The minimum absolute atomic E-state index is 0.00373. The molecule has 41 heavy (non-hydrogen) atoms. The smallest absolute Gasteiger partial charge is 0.306 e. The van der Waals surface area contributed by atoms with E-state index in [4.69, 9.17) is 9.47 Å². The second-order valence-corrected chi connectivity index (χ2v) is 11.8. The molecule has 1 N–H and O–H groups in total. The van der Waals surface area contributed by atoms with Crippen LogP contribution < -0.4 is 9.47 Å². The lowest BCUT2D eigenvalue weighted by molar-refractivity contribution is -0.142. The molecule has 2 aliphatic rings. The molecule has 0 bridgehead atoms. The summed E-state index contributed by atoms with van der Waals surface area (Å²) >= 11 is 0. The van der Waals surface area contributed by atoms with Gasteiger partial charge in [0.1, 0.15) is 17.7 Å². The number of carboxylic acid groups (broad SMARTS) is 1. The molecular weight excluding hydrogens is 519 g/mol. The van der Waals surface area contributed by atoms with E-state index >= 15 is 4.39 Å². The zero-order chi connectivity index (χ0) is 29.3. The molecule has 3 atom stereocenters. The molecule has 2 aromatic carbocycles. The number of benzene rings is 2. The molecule has 0 saturated heterocycles. The van der Waals surface area contributed by atoms with Crippen molar-refractivity contribution in [2.45, 2.75) is 78.0 Å². The van der Waals surface area contributed by atoms with Crippen molar-refractivity contribution in [3.05, 3.63) is 76.7 Å². The second kappa shape index (κ2) is 12.2. The van der Waals surface area contributed by atoms with E-state index in [1.165, 1.54) is 13.3 Å². The maximum absolute atomic E-state index is 15.0. The van der Waals surface area contributed by atoms with Gasteiger partial charge in [-0.05, 0) is 91.8 Å². The number of aliphatic carboxylic acids is 1. The maximum atomic E-state index is 15.0. The second-order valence-electron chi connectivity index (χ2n) is 11.8. The third-order valence-electron chi connectivity index (χ3n) is 8.82. The van der Waals surface area contributed by atoms with Gasteiger partial charge in [-0.25, -0.2) is 9.37 Å². The van der Waals surface area contributed by atoms with E-state index in [0.29, 0.717) is 29.9 Å². The minimum Gasteiger partial charge on any atom is -0.485 e. The van der Waals surface area contributed by atoms with Gasteiger partial charge in [0.15, 0.2) is 0 Å². The van der Waals surface area contributed by atoms with E-state index in [-0.39, 0.29) is 17.8 Å². The first-order valence-electron chi connectivity index (χ1n) is 14.8. The molecule has 1 aromatic heterocycles. The van der Waals surface area contributed by atoms with Gasteiger partial charge in [-0.1, -0.05) is 44.2 Å². The van der Waals surface area contributed by atoms with Crippen molar-refractivity contribution in [2.75, 3.05) is 13.7 Å². The lowest BCUT2D eigenvalue weighted by Gasteiger charge is -2.30. The predicted octanol–water partition coefficient (Wildman–Crippen LogP) is 7.41. The van der Waals surface area contributed by atoms with Gasteiger partial charge in [-0.15, -0.1) is 0 Å². The normalized spacial score (nSPS) is 18.1. The summed E-state index contributed by atoms with van der Waals surface area (Å²) in [5.41, 5.74) is 5.57. The molecule has 0 amide bonds. The van der Waals surface area contributed by atoms with E-state index in [9.17, 15) is 9.90 Å².